The Hall–Kier alpha value is -2.13. The maximum atomic E-state index is 5.04. The van der Waals surface area contributed by atoms with Crippen molar-refractivity contribution in [3.05, 3.63) is 71.2 Å². The van der Waals surface area contributed by atoms with E-state index in [1.807, 2.05) is 0 Å². The summed E-state index contributed by atoms with van der Waals surface area (Å²) in [6.45, 7) is 6.38. The quantitative estimate of drug-likeness (QED) is 0.783. The molecule has 1 aliphatic heterocycles. The number of hydrogen-bond acceptors (Lipinski definition) is 2. The monoisotopic (exact) mass is 305 g/mol. The van der Waals surface area contributed by atoms with E-state index < -0.39 is 0 Å². The highest BCUT2D eigenvalue weighted by Crippen LogP contribution is 2.39. The van der Waals surface area contributed by atoms with Crippen molar-refractivity contribution < 1.29 is 0 Å². The molecule has 0 amide bonds. The Morgan fingerprint density at radius 1 is 1.04 bits per heavy atom. The van der Waals surface area contributed by atoms with Crippen molar-refractivity contribution in [2.75, 3.05) is 13.1 Å². The Morgan fingerprint density at radius 2 is 1.78 bits per heavy atom. The molecule has 0 saturated carbocycles. The molecule has 23 heavy (non-hydrogen) atoms. The fraction of sp³-hybridized carbons (Fsp3) is 0.350. The topological polar surface area (TPSA) is 29.3 Å². The minimum Gasteiger partial charge on any atom is -0.317 e. The first-order valence-electron chi connectivity index (χ1n) is 8.42. The standard InChI is InChI=1S/C20H23N3/c1-15-12-16(2)23-14-18(22-19(23)13-15)20(8-10-21-11-9-20)17-6-4-3-5-7-17/h3-7,12-14,21H,8-11H2,1-2H3. The van der Waals surface area contributed by atoms with Crippen molar-refractivity contribution in [2.24, 2.45) is 0 Å². The van der Waals surface area contributed by atoms with Crippen LogP contribution in [0.25, 0.3) is 5.65 Å². The lowest BCUT2D eigenvalue weighted by molar-refractivity contribution is 0.355. The SMILES string of the molecule is Cc1cc(C)n2cc(C3(c4ccccc4)CCNCC3)nc2c1. The molecule has 3 heteroatoms. The second kappa shape index (κ2) is 5.50. The van der Waals surface area contributed by atoms with Crippen molar-refractivity contribution in [3.63, 3.8) is 0 Å². The van der Waals surface area contributed by atoms with Gasteiger partial charge in [-0.1, -0.05) is 30.3 Å². The molecule has 1 fully saturated rings. The number of imidazole rings is 1. The van der Waals surface area contributed by atoms with E-state index >= 15 is 0 Å². The first-order chi connectivity index (χ1) is 11.2. The summed E-state index contributed by atoms with van der Waals surface area (Å²) < 4.78 is 2.23. The van der Waals surface area contributed by atoms with Gasteiger partial charge in [-0.15, -0.1) is 0 Å². The molecule has 1 aromatic carbocycles. The molecule has 0 radical (unpaired) electrons. The van der Waals surface area contributed by atoms with E-state index in [-0.39, 0.29) is 5.41 Å². The van der Waals surface area contributed by atoms with Crippen molar-refractivity contribution in [1.29, 1.82) is 0 Å². The Morgan fingerprint density at radius 3 is 2.52 bits per heavy atom. The summed E-state index contributed by atoms with van der Waals surface area (Å²) in [5.74, 6) is 0. The number of rotatable bonds is 2. The lowest BCUT2D eigenvalue weighted by Gasteiger charge is -2.37. The number of benzene rings is 1. The van der Waals surface area contributed by atoms with Crippen LogP contribution in [0.3, 0.4) is 0 Å². The van der Waals surface area contributed by atoms with Crippen LogP contribution in [0.4, 0.5) is 0 Å². The van der Waals surface area contributed by atoms with Crippen LogP contribution in [0.2, 0.25) is 0 Å². The van der Waals surface area contributed by atoms with Gasteiger partial charge in [0.05, 0.1) is 5.69 Å². The van der Waals surface area contributed by atoms with Crippen molar-refractivity contribution >= 4 is 5.65 Å². The largest absolute Gasteiger partial charge is 0.317 e. The zero-order valence-electron chi connectivity index (χ0n) is 13.8. The van der Waals surface area contributed by atoms with E-state index in [0.29, 0.717) is 0 Å². The lowest BCUT2D eigenvalue weighted by Crippen LogP contribution is -2.41. The summed E-state index contributed by atoms with van der Waals surface area (Å²) in [5.41, 5.74) is 6.20. The first-order valence-corrected chi connectivity index (χ1v) is 8.42. The predicted octanol–water partition coefficient (Wildman–Crippen LogP) is 3.62. The summed E-state index contributed by atoms with van der Waals surface area (Å²) in [7, 11) is 0. The summed E-state index contributed by atoms with van der Waals surface area (Å²) in [6, 6.07) is 15.3. The van der Waals surface area contributed by atoms with Gasteiger partial charge in [-0.05, 0) is 63.0 Å². The highest BCUT2D eigenvalue weighted by atomic mass is 15.0. The summed E-state index contributed by atoms with van der Waals surface area (Å²) in [5, 5.41) is 3.50. The fourth-order valence-electron chi connectivity index (χ4n) is 3.96. The van der Waals surface area contributed by atoms with Gasteiger partial charge in [-0.25, -0.2) is 4.98 Å². The van der Waals surface area contributed by atoms with Crippen molar-refractivity contribution in [3.8, 4) is 0 Å². The van der Waals surface area contributed by atoms with Crippen LogP contribution in [-0.4, -0.2) is 22.5 Å². The van der Waals surface area contributed by atoms with E-state index in [1.54, 1.807) is 0 Å². The molecule has 2 aromatic heterocycles. The van der Waals surface area contributed by atoms with Crippen molar-refractivity contribution in [2.45, 2.75) is 32.1 Å². The lowest BCUT2D eigenvalue weighted by atomic mass is 9.71. The number of aromatic nitrogens is 2. The Balaban J connectivity index is 1.92. The molecular weight excluding hydrogens is 282 g/mol. The van der Waals surface area contributed by atoms with Gasteiger partial charge in [-0.3, -0.25) is 0 Å². The van der Waals surface area contributed by atoms with Crippen LogP contribution < -0.4 is 5.32 Å². The van der Waals surface area contributed by atoms with Gasteiger partial charge in [0.2, 0.25) is 0 Å². The summed E-state index contributed by atoms with van der Waals surface area (Å²) >= 11 is 0. The predicted molar refractivity (Wildman–Crippen MR) is 94.0 cm³/mol. The minimum atomic E-state index is 0.0267. The number of fused-ring (bicyclic) bond motifs is 1. The normalized spacial score (nSPS) is 17.5. The number of nitrogens with one attached hydrogen (secondary N) is 1. The molecule has 118 valence electrons. The highest BCUT2D eigenvalue weighted by Gasteiger charge is 2.37. The average Bonchev–Trinajstić information content (AvgIpc) is 3.01. The maximum absolute atomic E-state index is 5.04. The molecular formula is C20H23N3. The van der Waals surface area contributed by atoms with Crippen molar-refractivity contribution in [1.82, 2.24) is 14.7 Å². The molecule has 0 aliphatic carbocycles. The molecule has 3 aromatic rings. The fourth-order valence-corrected chi connectivity index (χ4v) is 3.96. The number of piperidine rings is 1. The zero-order chi connectivity index (χ0) is 15.9. The molecule has 0 spiro atoms. The second-order valence-electron chi connectivity index (χ2n) is 6.73. The first kappa shape index (κ1) is 14.5. The van der Waals surface area contributed by atoms with E-state index in [9.17, 15) is 0 Å². The van der Waals surface area contributed by atoms with Crippen LogP contribution >= 0.6 is 0 Å². The van der Waals surface area contributed by atoms with Crippen LogP contribution in [0.5, 0.6) is 0 Å². The Kier molecular flexibility index (Phi) is 3.46. The van der Waals surface area contributed by atoms with E-state index in [4.69, 9.17) is 4.98 Å². The summed E-state index contributed by atoms with van der Waals surface area (Å²) in [4.78, 5) is 5.04. The number of pyridine rings is 1. The Bertz CT molecular complexity index is 827. The van der Waals surface area contributed by atoms with Gasteiger partial charge in [0.1, 0.15) is 5.65 Å². The molecule has 3 nitrogen and oxygen atoms in total. The van der Waals surface area contributed by atoms with E-state index in [2.05, 4.69) is 72.2 Å². The third-order valence-electron chi connectivity index (χ3n) is 5.18. The third-order valence-corrected chi connectivity index (χ3v) is 5.18. The molecule has 0 bridgehead atoms. The molecule has 1 N–H and O–H groups in total. The van der Waals surface area contributed by atoms with Crippen LogP contribution in [-0.2, 0) is 5.41 Å². The number of aryl methyl sites for hydroxylation is 2. The minimum absolute atomic E-state index is 0.0267. The maximum Gasteiger partial charge on any atom is 0.137 e. The molecule has 1 saturated heterocycles. The van der Waals surface area contributed by atoms with Gasteiger partial charge >= 0.3 is 0 Å². The molecule has 0 unspecified atom stereocenters. The van der Waals surface area contributed by atoms with Crippen LogP contribution in [0.1, 0.15) is 35.4 Å². The smallest absolute Gasteiger partial charge is 0.137 e. The van der Waals surface area contributed by atoms with Gasteiger partial charge in [0.25, 0.3) is 0 Å². The number of hydrogen-bond donors (Lipinski definition) is 1. The van der Waals surface area contributed by atoms with Gasteiger partial charge in [-0.2, -0.15) is 0 Å². The molecule has 0 atom stereocenters. The van der Waals surface area contributed by atoms with Gasteiger partial charge < -0.3 is 9.72 Å². The average molecular weight is 305 g/mol. The molecule has 1 aliphatic rings. The van der Waals surface area contributed by atoms with Crippen LogP contribution in [0, 0.1) is 13.8 Å². The molecule has 3 heterocycles. The molecule has 4 rings (SSSR count). The number of nitrogens with zero attached hydrogens (tertiary/aromatic N) is 2. The highest BCUT2D eigenvalue weighted by molar-refractivity contribution is 5.48. The van der Waals surface area contributed by atoms with Gasteiger partial charge in [0.15, 0.2) is 0 Å². The Labute approximate surface area is 137 Å². The van der Waals surface area contributed by atoms with Crippen LogP contribution in [0.15, 0.2) is 48.7 Å². The third kappa shape index (κ3) is 2.36. The van der Waals surface area contributed by atoms with E-state index in [1.165, 1.54) is 22.5 Å². The second-order valence-corrected chi connectivity index (χ2v) is 6.73. The van der Waals surface area contributed by atoms with E-state index in [0.717, 1.165) is 31.6 Å². The zero-order valence-corrected chi connectivity index (χ0v) is 13.8. The summed E-state index contributed by atoms with van der Waals surface area (Å²) in [6.07, 6.45) is 4.44. The van der Waals surface area contributed by atoms with Gasteiger partial charge in [0, 0.05) is 17.3 Å².